The average Bonchev–Trinajstić information content (AvgIpc) is 2.98. The normalized spacial score (nSPS) is 36.3. The first-order chi connectivity index (χ1) is 14.5. The molecule has 3 rings (SSSR count). The number of allylic oxidation sites excluding steroid dienone is 3. The van der Waals surface area contributed by atoms with E-state index in [2.05, 4.69) is 25.7 Å². The molecule has 5 heteroatoms. The van der Waals surface area contributed by atoms with Gasteiger partial charge in [-0.3, -0.25) is 0 Å². The van der Waals surface area contributed by atoms with E-state index in [-0.39, 0.29) is 0 Å². The number of rotatable bonds is 5. The molecule has 0 radical (unpaired) electrons. The molecule has 3 aliphatic carbocycles. The second kappa shape index (κ2) is 11.5. The van der Waals surface area contributed by atoms with Crippen LogP contribution in [0.3, 0.4) is 0 Å². The third-order valence-electron chi connectivity index (χ3n) is 7.24. The molecule has 3 N–H and O–H groups in total. The lowest BCUT2D eigenvalue weighted by molar-refractivity contribution is 0.0313. The molecule has 0 heterocycles. The molecule has 31 heavy (non-hydrogen) atoms. The standard InChI is InChI=1S/C19H28O2S.C7H16O2/c1-12-14(10-15(20)11-17(12)21)6-5-13-4-3-9-19(2)16(13)7-8-18(19)22;1-4-9-6-5-7(2,3)8/h5-6,15-18,20-22H,1,3-4,7-11H2,2H3;8H,4-6H2,1-3H3/b13-5+,14-6-;/t15-,16?,17?,18?,19?;/m1./s1. The van der Waals surface area contributed by atoms with Gasteiger partial charge in [0.1, 0.15) is 0 Å². The fraction of sp³-hybridized carbons (Fsp3) is 0.769. The highest BCUT2D eigenvalue weighted by Crippen LogP contribution is 2.56. The summed E-state index contributed by atoms with van der Waals surface area (Å²) in [7, 11) is 0. The van der Waals surface area contributed by atoms with Crippen molar-refractivity contribution in [3.63, 3.8) is 0 Å². The Kier molecular flexibility index (Phi) is 9.90. The molecule has 0 aromatic heterocycles. The third kappa shape index (κ3) is 7.46. The lowest BCUT2D eigenvalue weighted by Crippen LogP contribution is -2.33. The summed E-state index contributed by atoms with van der Waals surface area (Å²) < 4.78 is 5.05. The van der Waals surface area contributed by atoms with Gasteiger partial charge in [0.25, 0.3) is 0 Å². The first kappa shape index (κ1) is 26.7. The summed E-state index contributed by atoms with van der Waals surface area (Å²) in [6.45, 7) is 13.3. The Balaban J connectivity index is 0.000000323. The summed E-state index contributed by atoms with van der Waals surface area (Å²) in [5.41, 5.74) is 3.08. The van der Waals surface area contributed by atoms with E-state index in [9.17, 15) is 10.2 Å². The minimum absolute atomic E-state index is 0.342. The quantitative estimate of drug-likeness (QED) is 0.350. The Morgan fingerprint density at radius 2 is 1.97 bits per heavy atom. The zero-order valence-corrected chi connectivity index (χ0v) is 20.8. The molecule has 0 amide bonds. The number of hydrogen-bond donors (Lipinski definition) is 4. The van der Waals surface area contributed by atoms with Crippen LogP contribution in [0.25, 0.3) is 0 Å². The maximum Gasteiger partial charge on any atom is 0.0811 e. The van der Waals surface area contributed by atoms with Crippen LogP contribution < -0.4 is 0 Å². The van der Waals surface area contributed by atoms with Gasteiger partial charge < -0.3 is 20.1 Å². The Bertz CT molecular complexity index is 663. The highest BCUT2D eigenvalue weighted by Gasteiger charge is 2.47. The van der Waals surface area contributed by atoms with Crippen molar-refractivity contribution in [1.82, 2.24) is 0 Å². The van der Waals surface area contributed by atoms with Crippen LogP contribution in [0.15, 0.2) is 35.5 Å². The Morgan fingerprint density at radius 1 is 1.26 bits per heavy atom. The molecule has 5 atom stereocenters. The smallest absolute Gasteiger partial charge is 0.0811 e. The summed E-state index contributed by atoms with van der Waals surface area (Å²) >= 11 is 4.83. The number of aliphatic hydroxyl groups excluding tert-OH is 2. The van der Waals surface area contributed by atoms with Crippen molar-refractivity contribution in [2.24, 2.45) is 11.3 Å². The molecule has 0 aliphatic heterocycles. The van der Waals surface area contributed by atoms with Crippen LogP contribution in [-0.2, 0) is 4.74 Å². The van der Waals surface area contributed by atoms with E-state index in [1.165, 1.54) is 37.7 Å². The molecule has 0 bridgehead atoms. The molecule has 178 valence electrons. The van der Waals surface area contributed by atoms with Crippen LogP contribution in [0.1, 0.15) is 79.1 Å². The predicted octanol–water partition coefficient (Wildman–Crippen LogP) is 4.99. The first-order valence-corrected chi connectivity index (χ1v) is 12.4. The van der Waals surface area contributed by atoms with Gasteiger partial charge in [-0.25, -0.2) is 0 Å². The van der Waals surface area contributed by atoms with Crippen molar-refractivity contribution in [3.8, 4) is 0 Å². The fourth-order valence-electron chi connectivity index (χ4n) is 5.14. The predicted molar refractivity (Wildman–Crippen MR) is 131 cm³/mol. The molecular weight excluding hydrogens is 408 g/mol. The van der Waals surface area contributed by atoms with E-state index in [1.807, 2.05) is 6.92 Å². The molecule has 0 aromatic carbocycles. The number of ether oxygens (including phenoxy) is 1. The molecule has 0 saturated heterocycles. The topological polar surface area (TPSA) is 69.9 Å². The van der Waals surface area contributed by atoms with Gasteiger partial charge in [0.15, 0.2) is 0 Å². The van der Waals surface area contributed by atoms with Crippen molar-refractivity contribution in [2.45, 2.75) is 102 Å². The van der Waals surface area contributed by atoms with E-state index in [4.69, 9.17) is 22.5 Å². The Hall–Kier alpha value is -0.590. The summed E-state index contributed by atoms with van der Waals surface area (Å²) in [5.74, 6) is 0.646. The molecule has 4 unspecified atom stereocenters. The van der Waals surface area contributed by atoms with Crippen molar-refractivity contribution in [2.75, 3.05) is 13.2 Å². The number of thiol groups is 1. The molecule has 3 fully saturated rings. The maximum atomic E-state index is 9.95. The molecule has 0 spiro atoms. The van der Waals surface area contributed by atoms with Gasteiger partial charge in [-0.2, -0.15) is 12.6 Å². The number of fused-ring (bicyclic) bond motifs is 1. The Morgan fingerprint density at radius 3 is 2.61 bits per heavy atom. The van der Waals surface area contributed by atoms with Gasteiger partial charge in [-0.15, -0.1) is 0 Å². The van der Waals surface area contributed by atoms with Crippen molar-refractivity contribution >= 4 is 12.6 Å². The van der Waals surface area contributed by atoms with Gasteiger partial charge >= 0.3 is 0 Å². The van der Waals surface area contributed by atoms with Gasteiger partial charge in [0.05, 0.1) is 17.8 Å². The molecule has 4 nitrogen and oxygen atoms in total. The molecule has 3 aliphatic rings. The van der Waals surface area contributed by atoms with Crippen LogP contribution in [0.4, 0.5) is 0 Å². The van der Waals surface area contributed by atoms with Crippen molar-refractivity contribution in [1.29, 1.82) is 0 Å². The van der Waals surface area contributed by atoms with E-state index in [0.717, 1.165) is 17.8 Å². The zero-order chi connectivity index (χ0) is 23.2. The van der Waals surface area contributed by atoms with E-state index in [1.54, 1.807) is 13.8 Å². The van der Waals surface area contributed by atoms with Crippen molar-refractivity contribution < 1.29 is 20.1 Å². The average molecular weight is 453 g/mol. The van der Waals surface area contributed by atoms with Gasteiger partial charge in [0, 0.05) is 24.9 Å². The van der Waals surface area contributed by atoms with Gasteiger partial charge in [-0.05, 0) is 88.2 Å². The third-order valence-corrected chi connectivity index (χ3v) is 8.09. The van der Waals surface area contributed by atoms with Gasteiger partial charge in [-0.1, -0.05) is 31.2 Å². The molecule has 3 saturated carbocycles. The summed E-state index contributed by atoms with van der Waals surface area (Å²) in [6.07, 6.45) is 11.2. The minimum Gasteiger partial charge on any atom is -0.393 e. The summed E-state index contributed by atoms with van der Waals surface area (Å²) in [5, 5.41) is 29.5. The Labute approximate surface area is 194 Å². The summed E-state index contributed by atoms with van der Waals surface area (Å²) in [4.78, 5) is 0. The second-order valence-electron chi connectivity index (χ2n) is 10.3. The lowest BCUT2D eigenvalue weighted by Gasteiger charge is -2.40. The van der Waals surface area contributed by atoms with Crippen LogP contribution >= 0.6 is 12.6 Å². The second-order valence-corrected chi connectivity index (χ2v) is 11.0. The number of hydrogen-bond acceptors (Lipinski definition) is 5. The lowest BCUT2D eigenvalue weighted by atomic mass is 9.67. The van der Waals surface area contributed by atoms with Crippen LogP contribution in [0, 0.1) is 11.3 Å². The van der Waals surface area contributed by atoms with Gasteiger partial charge in [0.2, 0.25) is 0 Å². The van der Waals surface area contributed by atoms with Crippen molar-refractivity contribution in [3.05, 3.63) is 35.5 Å². The van der Waals surface area contributed by atoms with E-state index >= 15 is 0 Å². The highest BCUT2D eigenvalue weighted by atomic mass is 32.1. The van der Waals surface area contributed by atoms with Crippen LogP contribution in [-0.4, -0.2) is 51.6 Å². The monoisotopic (exact) mass is 452 g/mol. The van der Waals surface area contributed by atoms with E-state index in [0.29, 0.717) is 42.5 Å². The molecular formula is C26H44O4S. The SMILES string of the molecule is C=C1/C(=C\C=C2/CCCC3(C)C(S)CCC23)C[C@@H](O)CC1O.CCOCCC(C)(C)O. The summed E-state index contributed by atoms with van der Waals surface area (Å²) in [6, 6.07) is 0. The highest BCUT2D eigenvalue weighted by molar-refractivity contribution is 7.81. The van der Waals surface area contributed by atoms with Crippen LogP contribution in [0.2, 0.25) is 0 Å². The zero-order valence-electron chi connectivity index (χ0n) is 19.9. The fourth-order valence-corrected chi connectivity index (χ4v) is 5.60. The number of aliphatic hydroxyl groups is 3. The first-order valence-electron chi connectivity index (χ1n) is 11.9. The minimum atomic E-state index is -0.599. The van der Waals surface area contributed by atoms with E-state index < -0.39 is 17.8 Å². The van der Waals surface area contributed by atoms with Crippen LogP contribution in [0.5, 0.6) is 0 Å². The maximum absolute atomic E-state index is 9.95. The largest absolute Gasteiger partial charge is 0.393 e. The molecule has 0 aromatic rings.